The molecule has 0 fully saturated rings. The molecule has 0 heterocycles. The first-order valence-corrected chi connectivity index (χ1v) is 8.06. The van der Waals surface area contributed by atoms with Gasteiger partial charge in [-0.15, -0.1) is 0 Å². The van der Waals surface area contributed by atoms with Crippen LogP contribution >= 0.6 is 0 Å². The smallest absolute Gasteiger partial charge is 0.332 e. The molecule has 6 heteroatoms. The third kappa shape index (κ3) is 8.09. The summed E-state index contributed by atoms with van der Waals surface area (Å²) in [5.74, 6) is 1.35. The summed E-state index contributed by atoms with van der Waals surface area (Å²) >= 11 is 0. The highest BCUT2D eigenvalue weighted by Crippen LogP contribution is 2.27. The van der Waals surface area contributed by atoms with E-state index in [0.717, 1.165) is 12.0 Å². The van der Waals surface area contributed by atoms with Crippen molar-refractivity contribution in [2.24, 2.45) is 10.8 Å². The Hall–Kier alpha value is -2.24. The second-order valence-corrected chi connectivity index (χ2v) is 5.26. The maximum Gasteiger partial charge on any atom is 0.332 e. The summed E-state index contributed by atoms with van der Waals surface area (Å²) in [5.41, 5.74) is 7.86. The summed E-state index contributed by atoms with van der Waals surface area (Å²) in [6, 6.07) is 4.77. The minimum Gasteiger partial charge on any atom is -0.493 e. The number of ether oxygens (including phenoxy) is 2. The summed E-state index contributed by atoms with van der Waals surface area (Å²) in [6.07, 6.45) is 8.85. The van der Waals surface area contributed by atoms with E-state index in [1.54, 1.807) is 13.2 Å². The van der Waals surface area contributed by atoms with Crippen LogP contribution in [-0.4, -0.2) is 26.0 Å². The van der Waals surface area contributed by atoms with Gasteiger partial charge in [-0.2, -0.15) is 5.10 Å². The van der Waals surface area contributed by atoms with Gasteiger partial charge in [0.25, 0.3) is 0 Å². The Labute approximate surface area is 138 Å². The molecule has 0 atom stereocenters. The van der Waals surface area contributed by atoms with E-state index in [0.29, 0.717) is 18.1 Å². The molecule has 128 valence electrons. The normalized spacial score (nSPS) is 10.7. The lowest BCUT2D eigenvalue weighted by Gasteiger charge is -2.11. The second kappa shape index (κ2) is 11.3. The van der Waals surface area contributed by atoms with Crippen molar-refractivity contribution in [2.45, 2.75) is 45.4 Å². The van der Waals surface area contributed by atoms with Crippen molar-refractivity contribution in [3.05, 3.63) is 23.8 Å². The van der Waals surface area contributed by atoms with Crippen molar-refractivity contribution in [1.82, 2.24) is 5.43 Å². The number of nitrogens with two attached hydrogens (primary N) is 1. The lowest BCUT2D eigenvalue weighted by Crippen LogP contribution is -2.24. The quantitative estimate of drug-likeness (QED) is 0.372. The minimum atomic E-state index is -0.702. The molecule has 0 spiro atoms. The van der Waals surface area contributed by atoms with Gasteiger partial charge >= 0.3 is 6.03 Å². The van der Waals surface area contributed by atoms with Crippen LogP contribution in [0.3, 0.4) is 0 Å². The van der Waals surface area contributed by atoms with Crippen molar-refractivity contribution in [2.75, 3.05) is 13.7 Å². The third-order valence-corrected chi connectivity index (χ3v) is 3.33. The Kier molecular flexibility index (Phi) is 9.28. The minimum absolute atomic E-state index is 0.638. The number of hydrazone groups is 1. The average molecular weight is 321 g/mol. The van der Waals surface area contributed by atoms with Crippen LogP contribution in [-0.2, 0) is 0 Å². The number of carbonyl (C=O) groups excluding carboxylic acids is 1. The van der Waals surface area contributed by atoms with Crippen LogP contribution in [0.1, 0.15) is 51.0 Å². The number of amides is 2. The largest absolute Gasteiger partial charge is 0.493 e. The Morgan fingerprint density at radius 3 is 2.65 bits per heavy atom. The summed E-state index contributed by atoms with van der Waals surface area (Å²) < 4.78 is 11.1. The summed E-state index contributed by atoms with van der Waals surface area (Å²) in [4.78, 5) is 10.5. The van der Waals surface area contributed by atoms with Gasteiger partial charge in [0.15, 0.2) is 11.5 Å². The van der Waals surface area contributed by atoms with Crippen LogP contribution < -0.4 is 20.6 Å². The SMILES string of the molecule is CCCCCCCCOc1ccc(/C=N/NC(N)=O)cc1OC. The maximum atomic E-state index is 10.5. The molecule has 0 radical (unpaired) electrons. The van der Waals surface area contributed by atoms with Crippen molar-refractivity contribution in [3.8, 4) is 11.5 Å². The van der Waals surface area contributed by atoms with Gasteiger partial charge in [0.1, 0.15) is 0 Å². The highest BCUT2D eigenvalue weighted by Gasteiger charge is 2.05. The molecule has 1 rings (SSSR count). The zero-order valence-corrected chi connectivity index (χ0v) is 14.0. The fourth-order valence-corrected chi connectivity index (χ4v) is 2.12. The number of rotatable bonds is 11. The molecule has 0 aliphatic rings. The number of hydrogen-bond acceptors (Lipinski definition) is 4. The lowest BCUT2D eigenvalue weighted by molar-refractivity contribution is 0.249. The molecule has 1 aromatic carbocycles. The van der Waals surface area contributed by atoms with Gasteiger partial charge in [-0.25, -0.2) is 10.2 Å². The lowest BCUT2D eigenvalue weighted by atomic mass is 10.1. The van der Waals surface area contributed by atoms with Crippen molar-refractivity contribution in [3.63, 3.8) is 0 Å². The van der Waals surface area contributed by atoms with E-state index in [2.05, 4.69) is 17.5 Å². The van der Waals surface area contributed by atoms with Crippen LogP contribution in [0.25, 0.3) is 0 Å². The Morgan fingerprint density at radius 2 is 1.96 bits per heavy atom. The second-order valence-electron chi connectivity index (χ2n) is 5.26. The van der Waals surface area contributed by atoms with Gasteiger partial charge in [0.2, 0.25) is 0 Å². The van der Waals surface area contributed by atoms with Crippen LogP contribution in [0.4, 0.5) is 4.79 Å². The third-order valence-electron chi connectivity index (χ3n) is 3.33. The number of methoxy groups -OCH3 is 1. The molecular weight excluding hydrogens is 294 g/mol. The highest BCUT2D eigenvalue weighted by atomic mass is 16.5. The molecule has 23 heavy (non-hydrogen) atoms. The molecule has 0 saturated heterocycles. The Morgan fingerprint density at radius 1 is 1.22 bits per heavy atom. The highest BCUT2D eigenvalue weighted by molar-refractivity contribution is 5.82. The molecule has 2 amide bonds. The van der Waals surface area contributed by atoms with E-state index < -0.39 is 6.03 Å². The van der Waals surface area contributed by atoms with Crippen LogP contribution in [0.2, 0.25) is 0 Å². The fraction of sp³-hybridized carbons (Fsp3) is 0.529. The van der Waals surface area contributed by atoms with E-state index >= 15 is 0 Å². The van der Waals surface area contributed by atoms with Crippen LogP contribution in [0.15, 0.2) is 23.3 Å². The number of nitrogens with zero attached hydrogens (tertiary/aromatic N) is 1. The average Bonchev–Trinajstić information content (AvgIpc) is 2.54. The molecule has 0 aliphatic heterocycles. The van der Waals surface area contributed by atoms with Gasteiger partial charge in [0.05, 0.1) is 19.9 Å². The van der Waals surface area contributed by atoms with Gasteiger partial charge in [-0.05, 0) is 30.2 Å². The van der Waals surface area contributed by atoms with E-state index in [9.17, 15) is 4.79 Å². The number of benzene rings is 1. The zero-order chi connectivity index (χ0) is 16.9. The van der Waals surface area contributed by atoms with E-state index in [-0.39, 0.29) is 0 Å². The molecule has 0 saturated carbocycles. The number of nitrogens with one attached hydrogen (secondary N) is 1. The predicted molar refractivity (Wildman–Crippen MR) is 92.2 cm³/mol. The summed E-state index contributed by atoms with van der Waals surface area (Å²) in [5, 5.41) is 3.71. The van der Waals surface area contributed by atoms with E-state index in [4.69, 9.17) is 15.2 Å². The maximum absolute atomic E-state index is 10.5. The summed E-state index contributed by atoms with van der Waals surface area (Å²) in [6.45, 7) is 2.90. The Bertz CT molecular complexity index is 504. The molecule has 3 N–H and O–H groups in total. The topological polar surface area (TPSA) is 85.9 Å². The Balaban J connectivity index is 2.43. The summed E-state index contributed by atoms with van der Waals surface area (Å²) in [7, 11) is 1.59. The molecule has 0 aromatic heterocycles. The van der Waals surface area contributed by atoms with Gasteiger partial charge in [0, 0.05) is 0 Å². The molecule has 6 nitrogen and oxygen atoms in total. The van der Waals surface area contributed by atoms with Gasteiger partial charge < -0.3 is 15.2 Å². The van der Waals surface area contributed by atoms with Crippen molar-refractivity contribution >= 4 is 12.2 Å². The van der Waals surface area contributed by atoms with Crippen LogP contribution in [0.5, 0.6) is 11.5 Å². The number of primary amides is 1. The number of hydrogen-bond donors (Lipinski definition) is 2. The molecule has 1 aromatic rings. The molecular formula is C17H27N3O3. The first-order chi connectivity index (χ1) is 11.2. The number of urea groups is 1. The predicted octanol–water partition coefficient (Wildman–Crippen LogP) is 3.44. The van der Waals surface area contributed by atoms with E-state index in [1.807, 2.05) is 12.1 Å². The van der Waals surface area contributed by atoms with E-state index in [1.165, 1.54) is 38.3 Å². The first-order valence-electron chi connectivity index (χ1n) is 8.06. The van der Waals surface area contributed by atoms with Crippen molar-refractivity contribution in [1.29, 1.82) is 0 Å². The number of carbonyl (C=O) groups is 1. The zero-order valence-electron chi connectivity index (χ0n) is 14.0. The monoisotopic (exact) mass is 321 g/mol. The van der Waals surface area contributed by atoms with Crippen LogP contribution in [0, 0.1) is 0 Å². The molecule has 0 unspecified atom stereocenters. The number of unbranched alkanes of at least 4 members (excludes halogenated alkanes) is 5. The fourth-order valence-electron chi connectivity index (χ4n) is 2.12. The first kappa shape index (κ1) is 18.8. The molecule has 0 bridgehead atoms. The van der Waals surface area contributed by atoms with Gasteiger partial charge in [-0.1, -0.05) is 39.0 Å². The molecule has 0 aliphatic carbocycles. The van der Waals surface area contributed by atoms with Crippen molar-refractivity contribution < 1.29 is 14.3 Å². The standard InChI is InChI=1S/C17H27N3O3/c1-3-4-5-6-7-8-11-23-15-10-9-14(12-16(15)22-2)13-19-20-17(18)21/h9-10,12-13H,3-8,11H2,1-2H3,(H3,18,20,21)/b19-13+. The van der Waals surface area contributed by atoms with Gasteiger partial charge in [-0.3, -0.25) is 0 Å².